The minimum Gasteiger partial charge on any atom is -0.480 e. The van der Waals surface area contributed by atoms with E-state index in [1.54, 1.807) is 13.2 Å². The number of hydrogen-bond acceptors (Lipinski definition) is 5. The molecule has 1 aliphatic rings. The average molecular weight is 455 g/mol. The molecule has 0 saturated heterocycles. The van der Waals surface area contributed by atoms with E-state index in [-0.39, 0.29) is 0 Å². The van der Waals surface area contributed by atoms with Crippen LogP contribution in [-0.4, -0.2) is 26.6 Å². The van der Waals surface area contributed by atoms with Gasteiger partial charge in [-0.05, 0) is 61.8 Å². The van der Waals surface area contributed by atoms with Crippen molar-refractivity contribution in [3.63, 3.8) is 0 Å². The van der Waals surface area contributed by atoms with Crippen LogP contribution < -0.4 is 10.5 Å². The van der Waals surface area contributed by atoms with Crippen molar-refractivity contribution in [2.75, 3.05) is 12.8 Å². The van der Waals surface area contributed by atoms with Crippen LogP contribution >= 0.6 is 0 Å². The Labute approximate surface area is 188 Å². The highest BCUT2D eigenvalue weighted by molar-refractivity contribution is 5.82. The summed E-state index contributed by atoms with van der Waals surface area (Å²) in [4.78, 5) is 12.6. The second-order valence-electron chi connectivity index (χ2n) is 8.66. The van der Waals surface area contributed by atoms with Gasteiger partial charge in [-0.2, -0.15) is 13.2 Å². The van der Waals surface area contributed by atoms with Gasteiger partial charge in [0.05, 0.1) is 23.6 Å². The Morgan fingerprint density at radius 2 is 2.00 bits per heavy atom. The number of hydrogen-bond donors (Lipinski definition) is 1. The highest BCUT2D eigenvalue weighted by Gasteiger charge is 2.34. The fourth-order valence-corrected chi connectivity index (χ4v) is 4.95. The molecule has 1 fully saturated rings. The molecule has 3 aromatic heterocycles. The molecule has 0 spiro atoms. The number of aromatic nitrogens is 4. The fraction of sp³-hybridized carbons (Fsp3) is 0.375. The SMILES string of the molecule is COc1ncnc2c1ccn2C1CCC(CCc2ccc3cc(C(F)(F)F)c(N)nc3c2)C1. The van der Waals surface area contributed by atoms with E-state index < -0.39 is 17.6 Å². The van der Waals surface area contributed by atoms with Crippen LogP contribution in [0.25, 0.3) is 21.9 Å². The lowest BCUT2D eigenvalue weighted by atomic mass is 9.97. The summed E-state index contributed by atoms with van der Waals surface area (Å²) < 4.78 is 46.8. The molecule has 6 nitrogen and oxygen atoms in total. The Bertz CT molecular complexity index is 1320. The molecule has 5 rings (SSSR count). The summed E-state index contributed by atoms with van der Waals surface area (Å²) in [6.07, 6.45) is 4.20. The number of anilines is 1. The van der Waals surface area contributed by atoms with Gasteiger partial charge in [-0.15, -0.1) is 0 Å². The van der Waals surface area contributed by atoms with Gasteiger partial charge in [-0.3, -0.25) is 0 Å². The molecular formula is C24H24F3N5O. The van der Waals surface area contributed by atoms with Crippen molar-refractivity contribution in [1.29, 1.82) is 0 Å². The van der Waals surface area contributed by atoms with Crippen LogP contribution in [0.1, 0.15) is 42.9 Å². The van der Waals surface area contributed by atoms with Crippen LogP contribution in [0.4, 0.5) is 19.0 Å². The standard InChI is InChI=1S/C24H24F3N5O/c1-33-23-18-8-9-32(22(18)29-13-30-23)17-7-5-14(10-17)2-3-15-4-6-16-12-19(24(25,26)27)21(28)31-20(16)11-15/h4,6,8-9,11-14,17H,2-3,5,7,10H2,1H3,(H2,28,31). The number of nitrogens with zero attached hydrogens (tertiary/aromatic N) is 4. The van der Waals surface area contributed by atoms with Crippen LogP contribution in [0.15, 0.2) is 42.9 Å². The van der Waals surface area contributed by atoms with Gasteiger partial charge < -0.3 is 15.0 Å². The van der Waals surface area contributed by atoms with Crippen molar-refractivity contribution in [3.8, 4) is 5.88 Å². The van der Waals surface area contributed by atoms with Crippen molar-refractivity contribution in [1.82, 2.24) is 19.5 Å². The number of halogens is 3. The molecule has 33 heavy (non-hydrogen) atoms. The zero-order valence-corrected chi connectivity index (χ0v) is 18.1. The lowest BCUT2D eigenvalue weighted by Gasteiger charge is -2.15. The minimum absolute atomic E-state index is 0.381. The predicted octanol–water partition coefficient (Wildman–Crippen LogP) is 5.56. The van der Waals surface area contributed by atoms with Crippen LogP contribution in [-0.2, 0) is 12.6 Å². The summed E-state index contributed by atoms with van der Waals surface area (Å²) in [6.45, 7) is 0. The van der Waals surface area contributed by atoms with Crippen molar-refractivity contribution in [3.05, 3.63) is 54.0 Å². The Morgan fingerprint density at radius 3 is 2.79 bits per heavy atom. The summed E-state index contributed by atoms with van der Waals surface area (Å²) in [5.74, 6) is 0.670. The second kappa shape index (κ2) is 8.20. The van der Waals surface area contributed by atoms with Gasteiger partial charge in [0.2, 0.25) is 5.88 Å². The van der Waals surface area contributed by atoms with Gasteiger partial charge in [-0.25, -0.2) is 15.0 Å². The third kappa shape index (κ3) is 4.07. The minimum atomic E-state index is -4.51. The summed E-state index contributed by atoms with van der Waals surface area (Å²) in [7, 11) is 1.61. The molecule has 0 radical (unpaired) electrons. The van der Waals surface area contributed by atoms with E-state index in [1.807, 2.05) is 18.2 Å². The zero-order chi connectivity index (χ0) is 23.2. The lowest BCUT2D eigenvalue weighted by molar-refractivity contribution is -0.137. The second-order valence-corrected chi connectivity index (χ2v) is 8.66. The third-order valence-corrected chi connectivity index (χ3v) is 6.63. The molecule has 1 saturated carbocycles. The molecule has 3 heterocycles. The van der Waals surface area contributed by atoms with E-state index in [2.05, 4.69) is 25.7 Å². The first-order valence-corrected chi connectivity index (χ1v) is 11.0. The van der Waals surface area contributed by atoms with E-state index in [0.717, 1.165) is 54.8 Å². The monoisotopic (exact) mass is 455 g/mol. The normalized spacial score (nSPS) is 18.9. The first-order chi connectivity index (χ1) is 15.8. The summed E-state index contributed by atoms with van der Waals surface area (Å²) in [6, 6.07) is 8.88. The maximum Gasteiger partial charge on any atom is 0.419 e. The first-order valence-electron chi connectivity index (χ1n) is 11.0. The van der Waals surface area contributed by atoms with Crippen LogP contribution in [0, 0.1) is 5.92 Å². The predicted molar refractivity (Wildman–Crippen MR) is 120 cm³/mol. The Morgan fingerprint density at radius 1 is 1.15 bits per heavy atom. The molecular weight excluding hydrogens is 431 g/mol. The van der Waals surface area contributed by atoms with E-state index in [0.29, 0.717) is 28.7 Å². The first kappa shape index (κ1) is 21.5. The number of nitrogens with two attached hydrogens (primary N) is 1. The van der Waals surface area contributed by atoms with Crippen molar-refractivity contribution >= 4 is 27.8 Å². The molecule has 2 atom stereocenters. The number of methoxy groups -OCH3 is 1. The van der Waals surface area contributed by atoms with Gasteiger partial charge in [0.15, 0.2) is 0 Å². The highest BCUT2D eigenvalue weighted by Crippen LogP contribution is 2.39. The van der Waals surface area contributed by atoms with Gasteiger partial charge in [-0.1, -0.05) is 12.1 Å². The molecule has 172 valence electrons. The van der Waals surface area contributed by atoms with E-state index in [4.69, 9.17) is 10.5 Å². The van der Waals surface area contributed by atoms with Crippen molar-refractivity contribution in [2.24, 2.45) is 5.92 Å². The largest absolute Gasteiger partial charge is 0.480 e. The maximum absolute atomic E-state index is 13.1. The number of nitrogen functional groups attached to an aromatic ring is 1. The highest BCUT2D eigenvalue weighted by atomic mass is 19.4. The molecule has 1 aliphatic carbocycles. The van der Waals surface area contributed by atoms with E-state index >= 15 is 0 Å². The smallest absolute Gasteiger partial charge is 0.419 e. The van der Waals surface area contributed by atoms with Gasteiger partial charge in [0.1, 0.15) is 17.8 Å². The Hall–Kier alpha value is -3.36. The van der Waals surface area contributed by atoms with E-state index in [1.165, 1.54) is 6.33 Å². The Kier molecular flexibility index (Phi) is 5.34. The lowest BCUT2D eigenvalue weighted by Crippen LogP contribution is -2.10. The number of aryl methyl sites for hydroxylation is 1. The van der Waals surface area contributed by atoms with Crippen molar-refractivity contribution in [2.45, 2.75) is 44.3 Å². The molecule has 0 bridgehead atoms. The van der Waals surface area contributed by atoms with E-state index in [9.17, 15) is 13.2 Å². The van der Waals surface area contributed by atoms with Crippen LogP contribution in [0.3, 0.4) is 0 Å². The number of rotatable bonds is 5. The van der Waals surface area contributed by atoms with Gasteiger partial charge in [0, 0.05) is 17.6 Å². The van der Waals surface area contributed by atoms with Crippen LogP contribution in [0.2, 0.25) is 0 Å². The number of pyridine rings is 1. The quantitative estimate of drug-likeness (QED) is 0.426. The number of alkyl halides is 3. The summed E-state index contributed by atoms with van der Waals surface area (Å²) >= 11 is 0. The molecule has 1 aromatic carbocycles. The number of benzene rings is 1. The Balaban J connectivity index is 1.27. The summed E-state index contributed by atoms with van der Waals surface area (Å²) in [5, 5.41) is 1.36. The molecule has 9 heteroatoms. The molecule has 0 amide bonds. The maximum atomic E-state index is 13.1. The van der Waals surface area contributed by atoms with Crippen molar-refractivity contribution < 1.29 is 17.9 Å². The van der Waals surface area contributed by atoms with Gasteiger partial charge >= 0.3 is 6.18 Å². The molecule has 0 aliphatic heterocycles. The van der Waals surface area contributed by atoms with Crippen LogP contribution in [0.5, 0.6) is 5.88 Å². The average Bonchev–Trinajstić information content (AvgIpc) is 3.43. The zero-order valence-electron chi connectivity index (χ0n) is 18.1. The molecule has 2 unspecified atom stereocenters. The number of ether oxygens (including phenoxy) is 1. The molecule has 4 aromatic rings. The third-order valence-electron chi connectivity index (χ3n) is 6.63. The van der Waals surface area contributed by atoms with Gasteiger partial charge in [0.25, 0.3) is 0 Å². The summed E-state index contributed by atoms with van der Waals surface area (Å²) in [5.41, 5.74) is 7.12. The fourth-order valence-electron chi connectivity index (χ4n) is 4.95. The topological polar surface area (TPSA) is 78.9 Å². The molecule has 2 N–H and O–H groups in total. The number of fused-ring (bicyclic) bond motifs is 2.